The van der Waals surface area contributed by atoms with Crippen LogP contribution in [0.2, 0.25) is 0 Å². The first kappa shape index (κ1) is 25.0. The second kappa shape index (κ2) is 11.1. The van der Waals surface area contributed by atoms with E-state index in [1.807, 2.05) is 44.2 Å². The van der Waals surface area contributed by atoms with E-state index in [0.717, 1.165) is 10.8 Å². The molecule has 1 saturated heterocycles. The van der Waals surface area contributed by atoms with Gasteiger partial charge in [0.15, 0.2) is 5.78 Å². The van der Waals surface area contributed by atoms with Crippen molar-refractivity contribution in [1.82, 2.24) is 20.5 Å². The van der Waals surface area contributed by atoms with Crippen LogP contribution >= 0.6 is 0 Å². The standard InChI is InChI=1S/C28H30N4O4/c1-18(2)14-24(31-26(34)23-15-20-10-6-7-11-21(20)16-29-23)27(35)30-22-12-13-32(17-25(22)33)28(36)19-8-4-3-5-9-19/h3-11,15-16,18,22,24H,12-14,17H2,1-2H3,(H,30,35)(H,31,34)/t22?,24-/m0/s1. The lowest BCUT2D eigenvalue weighted by molar-refractivity contribution is -0.130. The first-order valence-electron chi connectivity index (χ1n) is 12.1. The molecule has 36 heavy (non-hydrogen) atoms. The Bertz CT molecular complexity index is 1270. The average Bonchev–Trinajstić information content (AvgIpc) is 2.88. The number of hydrogen-bond acceptors (Lipinski definition) is 5. The molecule has 8 nitrogen and oxygen atoms in total. The van der Waals surface area contributed by atoms with Crippen LogP contribution in [0.3, 0.4) is 0 Å². The molecular formula is C28H30N4O4. The molecule has 2 heterocycles. The maximum atomic E-state index is 13.1. The smallest absolute Gasteiger partial charge is 0.270 e. The molecule has 186 valence electrons. The van der Waals surface area contributed by atoms with Crippen molar-refractivity contribution in [1.29, 1.82) is 0 Å². The van der Waals surface area contributed by atoms with Crippen LogP contribution in [0, 0.1) is 5.92 Å². The van der Waals surface area contributed by atoms with Gasteiger partial charge in [-0.1, -0.05) is 56.3 Å². The molecular weight excluding hydrogens is 456 g/mol. The zero-order chi connectivity index (χ0) is 25.7. The fraction of sp³-hybridized carbons (Fsp3) is 0.321. The largest absolute Gasteiger partial charge is 0.344 e. The summed E-state index contributed by atoms with van der Waals surface area (Å²) in [5.74, 6) is -1.17. The molecule has 3 aromatic rings. The van der Waals surface area contributed by atoms with E-state index in [1.54, 1.807) is 36.5 Å². The second-order valence-corrected chi connectivity index (χ2v) is 9.48. The normalized spacial score (nSPS) is 16.6. The maximum absolute atomic E-state index is 13.1. The minimum absolute atomic E-state index is 0.0686. The third-order valence-electron chi connectivity index (χ3n) is 6.24. The molecule has 1 unspecified atom stereocenters. The van der Waals surface area contributed by atoms with Crippen LogP contribution in [0.4, 0.5) is 0 Å². The Hall–Kier alpha value is -4.07. The van der Waals surface area contributed by atoms with Gasteiger partial charge in [0.2, 0.25) is 5.91 Å². The Morgan fingerprint density at radius 1 is 1.03 bits per heavy atom. The average molecular weight is 487 g/mol. The van der Waals surface area contributed by atoms with Crippen LogP contribution in [0.15, 0.2) is 66.9 Å². The van der Waals surface area contributed by atoms with E-state index in [0.29, 0.717) is 24.9 Å². The number of rotatable bonds is 7. The Morgan fingerprint density at radius 3 is 2.42 bits per heavy atom. The van der Waals surface area contributed by atoms with Crippen molar-refractivity contribution in [3.8, 4) is 0 Å². The first-order valence-corrected chi connectivity index (χ1v) is 12.1. The molecule has 8 heteroatoms. The van der Waals surface area contributed by atoms with Crippen molar-refractivity contribution in [2.75, 3.05) is 13.1 Å². The van der Waals surface area contributed by atoms with E-state index in [9.17, 15) is 19.2 Å². The van der Waals surface area contributed by atoms with Crippen molar-refractivity contribution in [3.63, 3.8) is 0 Å². The highest BCUT2D eigenvalue weighted by Crippen LogP contribution is 2.15. The first-order chi connectivity index (χ1) is 17.3. The summed E-state index contributed by atoms with van der Waals surface area (Å²) in [6.45, 7) is 4.20. The van der Waals surface area contributed by atoms with Crippen LogP contribution in [0.1, 0.15) is 47.5 Å². The molecule has 2 N–H and O–H groups in total. The maximum Gasteiger partial charge on any atom is 0.270 e. The highest BCUT2D eigenvalue weighted by atomic mass is 16.2. The second-order valence-electron chi connectivity index (χ2n) is 9.48. The molecule has 2 atom stereocenters. The summed E-state index contributed by atoms with van der Waals surface area (Å²) in [6, 6.07) is 16.6. The van der Waals surface area contributed by atoms with Crippen molar-refractivity contribution < 1.29 is 19.2 Å². The summed E-state index contributed by atoms with van der Waals surface area (Å²) >= 11 is 0. The molecule has 1 aliphatic rings. The van der Waals surface area contributed by atoms with E-state index in [2.05, 4.69) is 15.6 Å². The molecule has 3 amide bonds. The number of ketones is 1. The number of Topliss-reactive ketones (excluding diaryl/α,β-unsaturated/α-hetero) is 1. The zero-order valence-electron chi connectivity index (χ0n) is 20.4. The molecule has 1 aliphatic heterocycles. The quantitative estimate of drug-likeness (QED) is 0.534. The Kier molecular flexibility index (Phi) is 7.73. The van der Waals surface area contributed by atoms with Crippen LogP contribution in [0.25, 0.3) is 10.8 Å². The third kappa shape index (κ3) is 5.94. The molecule has 4 rings (SSSR count). The number of aromatic nitrogens is 1. The van der Waals surface area contributed by atoms with E-state index < -0.39 is 23.9 Å². The van der Waals surface area contributed by atoms with Gasteiger partial charge >= 0.3 is 0 Å². The summed E-state index contributed by atoms with van der Waals surface area (Å²) in [5, 5.41) is 7.39. The molecule has 0 spiro atoms. The van der Waals surface area contributed by atoms with Crippen LogP contribution in [0.5, 0.6) is 0 Å². The number of amides is 3. The monoisotopic (exact) mass is 486 g/mol. The minimum Gasteiger partial charge on any atom is -0.344 e. The summed E-state index contributed by atoms with van der Waals surface area (Å²) in [4.78, 5) is 57.3. The van der Waals surface area contributed by atoms with Gasteiger partial charge in [0.25, 0.3) is 11.8 Å². The molecule has 0 aliphatic carbocycles. The van der Waals surface area contributed by atoms with E-state index in [1.165, 1.54) is 4.90 Å². The molecule has 0 saturated carbocycles. The highest BCUT2D eigenvalue weighted by molar-refractivity contribution is 6.01. The molecule has 0 radical (unpaired) electrons. The van der Waals surface area contributed by atoms with Gasteiger partial charge in [-0.3, -0.25) is 24.2 Å². The Balaban J connectivity index is 1.39. The highest BCUT2D eigenvalue weighted by Gasteiger charge is 2.33. The summed E-state index contributed by atoms with van der Waals surface area (Å²) < 4.78 is 0. The lowest BCUT2D eigenvalue weighted by Crippen LogP contribution is -2.57. The zero-order valence-corrected chi connectivity index (χ0v) is 20.4. The topological polar surface area (TPSA) is 108 Å². The fourth-order valence-corrected chi connectivity index (χ4v) is 4.33. The summed E-state index contributed by atoms with van der Waals surface area (Å²) in [6.07, 6.45) is 2.35. The number of benzene rings is 2. The number of pyridine rings is 1. The van der Waals surface area contributed by atoms with Gasteiger partial charge in [-0.05, 0) is 42.3 Å². The Labute approximate surface area is 210 Å². The van der Waals surface area contributed by atoms with E-state index in [-0.39, 0.29) is 29.8 Å². The molecule has 1 fully saturated rings. The van der Waals surface area contributed by atoms with Gasteiger partial charge in [0, 0.05) is 23.7 Å². The number of nitrogens with zero attached hydrogens (tertiary/aromatic N) is 2. The van der Waals surface area contributed by atoms with Crippen molar-refractivity contribution in [2.45, 2.75) is 38.8 Å². The van der Waals surface area contributed by atoms with Crippen LogP contribution < -0.4 is 10.6 Å². The Morgan fingerprint density at radius 2 is 1.72 bits per heavy atom. The van der Waals surface area contributed by atoms with Gasteiger partial charge in [-0.15, -0.1) is 0 Å². The lowest BCUT2D eigenvalue weighted by atomic mass is 9.99. The van der Waals surface area contributed by atoms with Gasteiger partial charge < -0.3 is 15.5 Å². The van der Waals surface area contributed by atoms with Gasteiger partial charge in [-0.2, -0.15) is 0 Å². The molecule has 2 aromatic carbocycles. The van der Waals surface area contributed by atoms with E-state index >= 15 is 0 Å². The van der Waals surface area contributed by atoms with Crippen molar-refractivity contribution >= 4 is 34.3 Å². The summed E-state index contributed by atoms with van der Waals surface area (Å²) in [7, 11) is 0. The van der Waals surface area contributed by atoms with Crippen LogP contribution in [-0.4, -0.2) is 58.6 Å². The number of carbonyl (C=O) groups is 4. The lowest BCUT2D eigenvalue weighted by Gasteiger charge is -2.32. The number of hydrogen-bond donors (Lipinski definition) is 2. The fourth-order valence-electron chi connectivity index (χ4n) is 4.33. The number of nitrogens with one attached hydrogen (secondary N) is 2. The SMILES string of the molecule is CC(C)C[C@H](NC(=O)c1cc2ccccc2cn1)C(=O)NC1CCN(C(=O)c2ccccc2)CC1=O. The van der Waals surface area contributed by atoms with Crippen molar-refractivity contribution in [3.05, 3.63) is 78.1 Å². The number of fused-ring (bicyclic) bond motifs is 1. The minimum atomic E-state index is -0.817. The predicted molar refractivity (Wildman–Crippen MR) is 136 cm³/mol. The number of carbonyl (C=O) groups excluding carboxylic acids is 4. The van der Waals surface area contributed by atoms with Gasteiger partial charge in [0.05, 0.1) is 12.6 Å². The van der Waals surface area contributed by atoms with Crippen LogP contribution in [-0.2, 0) is 9.59 Å². The number of piperidine rings is 1. The molecule has 1 aromatic heterocycles. The molecule has 0 bridgehead atoms. The third-order valence-corrected chi connectivity index (χ3v) is 6.24. The summed E-state index contributed by atoms with van der Waals surface area (Å²) in [5.41, 5.74) is 0.744. The van der Waals surface area contributed by atoms with Gasteiger partial charge in [-0.25, -0.2) is 0 Å². The van der Waals surface area contributed by atoms with Crippen molar-refractivity contribution in [2.24, 2.45) is 5.92 Å². The van der Waals surface area contributed by atoms with Gasteiger partial charge in [0.1, 0.15) is 11.7 Å². The number of likely N-dealkylation sites (tertiary alicyclic amines) is 1. The van der Waals surface area contributed by atoms with E-state index in [4.69, 9.17) is 0 Å². The predicted octanol–water partition coefficient (Wildman–Crippen LogP) is 2.98.